The molecule has 0 spiro atoms. The van der Waals surface area contributed by atoms with E-state index in [2.05, 4.69) is 118 Å². The van der Waals surface area contributed by atoms with Crippen LogP contribution >= 0.6 is 0 Å². The van der Waals surface area contributed by atoms with E-state index in [1.807, 2.05) is 72.8 Å². The second-order valence-corrected chi connectivity index (χ2v) is 13.0. The third kappa shape index (κ3) is 6.26. The molecule has 51 heavy (non-hydrogen) atoms. The zero-order valence-electron chi connectivity index (χ0n) is 29.0. The van der Waals surface area contributed by atoms with Crippen molar-refractivity contribution < 1.29 is 0 Å². The van der Waals surface area contributed by atoms with Gasteiger partial charge in [0.15, 0.2) is 17.5 Å². The Morgan fingerprint density at radius 2 is 0.843 bits per heavy atom. The Labute approximate surface area is 299 Å². The monoisotopic (exact) mass is 655 g/mol. The summed E-state index contributed by atoms with van der Waals surface area (Å²) < 4.78 is 0. The fourth-order valence-electron chi connectivity index (χ4n) is 6.98. The van der Waals surface area contributed by atoms with Crippen molar-refractivity contribution in [3.63, 3.8) is 0 Å². The van der Waals surface area contributed by atoms with Crippen LogP contribution in [0, 0.1) is 20.8 Å². The highest BCUT2D eigenvalue weighted by Crippen LogP contribution is 2.42. The maximum absolute atomic E-state index is 4.71. The van der Waals surface area contributed by atoms with Crippen LogP contribution in [0.1, 0.15) is 16.7 Å². The van der Waals surface area contributed by atoms with E-state index in [9.17, 15) is 0 Å². The topological polar surface area (TPSA) is 38.7 Å². The first-order valence-electron chi connectivity index (χ1n) is 17.4. The van der Waals surface area contributed by atoms with Crippen LogP contribution < -0.4 is 0 Å². The Kier molecular flexibility index (Phi) is 8.61. The zero-order valence-corrected chi connectivity index (χ0v) is 29.0. The maximum atomic E-state index is 4.71. The molecule has 0 fully saturated rings. The van der Waals surface area contributed by atoms with Crippen molar-refractivity contribution in [3.05, 3.63) is 187 Å². The van der Waals surface area contributed by atoms with Gasteiger partial charge in [-0.05, 0) is 75.3 Å². The molecule has 3 heteroatoms. The van der Waals surface area contributed by atoms with Crippen LogP contribution in [0.3, 0.4) is 0 Å². The van der Waals surface area contributed by atoms with Gasteiger partial charge in [-0.25, -0.2) is 15.0 Å². The second-order valence-electron chi connectivity index (χ2n) is 13.0. The number of hydrogen-bond acceptors (Lipinski definition) is 3. The van der Waals surface area contributed by atoms with Gasteiger partial charge in [0, 0.05) is 16.7 Å². The molecular formula is C48H37N3. The Hall–Kier alpha value is -6.45. The van der Waals surface area contributed by atoms with Gasteiger partial charge in [-0.2, -0.15) is 0 Å². The van der Waals surface area contributed by atoms with Crippen LogP contribution in [0.4, 0.5) is 0 Å². The molecule has 9 rings (SSSR count). The van der Waals surface area contributed by atoms with E-state index < -0.39 is 0 Å². The average molecular weight is 656 g/mol. The van der Waals surface area contributed by atoms with Gasteiger partial charge in [-0.1, -0.05) is 175 Å². The summed E-state index contributed by atoms with van der Waals surface area (Å²) in [5, 5.41) is 8.02. The van der Waals surface area contributed by atoms with Gasteiger partial charge in [0.25, 0.3) is 0 Å². The number of benzene rings is 8. The van der Waals surface area contributed by atoms with Gasteiger partial charge >= 0.3 is 0 Å². The predicted molar refractivity (Wildman–Crippen MR) is 215 cm³/mol. The number of hydrogen-bond donors (Lipinski definition) is 0. The minimum absolute atomic E-state index is 0.685. The molecule has 0 aliphatic carbocycles. The lowest BCUT2D eigenvalue weighted by atomic mass is 9.85. The number of fused-ring (bicyclic) bond motifs is 5. The van der Waals surface area contributed by atoms with Crippen molar-refractivity contribution in [3.8, 4) is 45.3 Å². The summed E-state index contributed by atoms with van der Waals surface area (Å²) in [7, 11) is 0. The molecule has 9 aromatic rings. The number of aromatic nitrogens is 3. The normalized spacial score (nSPS) is 11.0. The molecule has 8 aromatic carbocycles. The van der Waals surface area contributed by atoms with Crippen molar-refractivity contribution in [2.45, 2.75) is 20.8 Å². The molecule has 244 valence electrons. The highest BCUT2D eigenvalue weighted by molar-refractivity contribution is 6.25. The van der Waals surface area contributed by atoms with Gasteiger partial charge in [0.2, 0.25) is 0 Å². The van der Waals surface area contributed by atoms with E-state index >= 15 is 0 Å². The van der Waals surface area contributed by atoms with Crippen LogP contribution in [0.15, 0.2) is 170 Å². The Morgan fingerprint density at radius 3 is 1.45 bits per heavy atom. The van der Waals surface area contributed by atoms with E-state index in [1.54, 1.807) is 0 Å². The Bertz CT molecular complexity index is 2590. The second kappa shape index (κ2) is 13.8. The quantitative estimate of drug-likeness (QED) is 0.177. The van der Waals surface area contributed by atoms with Crippen molar-refractivity contribution in [2.75, 3.05) is 0 Å². The SMILES string of the molecule is Cc1ccc(-c2nc(-c3ccccc3)nc(-c3ccccc3)n2)cc1.Cc1ccccc1-c1c(C)c2ccccc2c2c1ccc1ccccc12. The lowest BCUT2D eigenvalue weighted by molar-refractivity contribution is 1.07. The molecule has 0 bridgehead atoms. The van der Waals surface area contributed by atoms with Crippen molar-refractivity contribution in [2.24, 2.45) is 0 Å². The van der Waals surface area contributed by atoms with Crippen molar-refractivity contribution in [1.82, 2.24) is 15.0 Å². The van der Waals surface area contributed by atoms with Gasteiger partial charge < -0.3 is 0 Å². The zero-order chi connectivity index (χ0) is 34.7. The van der Waals surface area contributed by atoms with Gasteiger partial charge in [-0.15, -0.1) is 0 Å². The van der Waals surface area contributed by atoms with E-state index in [0.717, 1.165) is 16.7 Å². The fourth-order valence-corrected chi connectivity index (χ4v) is 6.98. The molecule has 0 N–H and O–H groups in total. The number of nitrogens with zero attached hydrogens (tertiary/aromatic N) is 3. The van der Waals surface area contributed by atoms with Crippen molar-refractivity contribution in [1.29, 1.82) is 0 Å². The fraction of sp³-hybridized carbons (Fsp3) is 0.0625. The number of aryl methyl sites for hydroxylation is 3. The standard InChI is InChI=1S/C26H20.C22H17N3/c1-17-9-3-5-11-20(17)25-18(2)21-12-7-8-14-23(21)26-22-13-6-4-10-19(22)15-16-24(25)26;1-16-12-14-19(15-13-16)22-24-20(17-8-4-2-5-9-17)23-21(25-22)18-10-6-3-7-11-18/h3-16H,1-2H3;2-15H,1H3. The predicted octanol–water partition coefficient (Wildman–Crippen LogP) is 12.6. The highest BCUT2D eigenvalue weighted by atomic mass is 15.0. The third-order valence-corrected chi connectivity index (χ3v) is 9.60. The first-order chi connectivity index (χ1) is 25.0. The van der Waals surface area contributed by atoms with Crippen LogP contribution in [0.25, 0.3) is 77.6 Å². The van der Waals surface area contributed by atoms with Crippen LogP contribution in [0.2, 0.25) is 0 Å². The molecule has 1 aromatic heterocycles. The number of rotatable bonds is 4. The third-order valence-electron chi connectivity index (χ3n) is 9.60. The van der Waals surface area contributed by atoms with E-state index in [1.165, 1.54) is 60.1 Å². The minimum atomic E-state index is 0.685. The van der Waals surface area contributed by atoms with Gasteiger partial charge in [-0.3, -0.25) is 0 Å². The Balaban J connectivity index is 0.000000147. The molecule has 0 amide bonds. The summed E-state index contributed by atoms with van der Waals surface area (Å²) >= 11 is 0. The Morgan fingerprint density at radius 1 is 0.353 bits per heavy atom. The summed E-state index contributed by atoms with van der Waals surface area (Å²) in [6.07, 6.45) is 0. The largest absolute Gasteiger partial charge is 0.208 e. The molecule has 0 saturated heterocycles. The van der Waals surface area contributed by atoms with Crippen LogP contribution in [-0.4, -0.2) is 15.0 Å². The summed E-state index contributed by atoms with van der Waals surface area (Å²) in [5.41, 5.74) is 9.54. The minimum Gasteiger partial charge on any atom is -0.208 e. The summed E-state index contributed by atoms with van der Waals surface area (Å²) in [5.74, 6) is 2.06. The molecule has 0 saturated carbocycles. The first-order valence-corrected chi connectivity index (χ1v) is 17.4. The lowest BCUT2D eigenvalue weighted by Crippen LogP contribution is -2.00. The molecule has 1 heterocycles. The lowest BCUT2D eigenvalue weighted by Gasteiger charge is -2.18. The molecule has 0 atom stereocenters. The molecule has 0 radical (unpaired) electrons. The molecular weight excluding hydrogens is 619 g/mol. The van der Waals surface area contributed by atoms with Crippen LogP contribution in [0.5, 0.6) is 0 Å². The van der Waals surface area contributed by atoms with E-state index in [4.69, 9.17) is 15.0 Å². The van der Waals surface area contributed by atoms with Gasteiger partial charge in [0.1, 0.15) is 0 Å². The van der Waals surface area contributed by atoms with E-state index in [0.29, 0.717) is 17.5 Å². The average Bonchev–Trinajstić information content (AvgIpc) is 3.19. The smallest absolute Gasteiger partial charge is 0.164 e. The molecule has 3 nitrogen and oxygen atoms in total. The van der Waals surface area contributed by atoms with Crippen LogP contribution in [-0.2, 0) is 0 Å². The van der Waals surface area contributed by atoms with Crippen molar-refractivity contribution >= 4 is 32.3 Å². The summed E-state index contributed by atoms with van der Waals surface area (Å²) in [6, 6.07) is 59.1. The molecule has 0 aliphatic rings. The first kappa shape index (κ1) is 31.8. The van der Waals surface area contributed by atoms with Gasteiger partial charge in [0.05, 0.1) is 0 Å². The molecule has 0 unspecified atom stereocenters. The summed E-state index contributed by atoms with van der Waals surface area (Å²) in [4.78, 5) is 14.1. The summed E-state index contributed by atoms with van der Waals surface area (Å²) in [6.45, 7) is 6.54. The maximum Gasteiger partial charge on any atom is 0.164 e. The highest BCUT2D eigenvalue weighted by Gasteiger charge is 2.16. The van der Waals surface area contributed by atoms with E-state index in [-0.39, 0.29) is 0 Å². The molecule has 0 aliphatic heterocycles.